The standard InChI is InChI=1S/C26H23Cl2N3.C10H19N.C6H12N2O.C2H6/c1-4-14-31-23(15-18-9-5-8-17(18)2)21-12-6-10-19(25(21)27)20-11-7-13-22(26(20)28)24(16-29)30-3;1-2-7-11-8-10(9-11)5-3-4-6-10;1-7-4-5-2-3-6(9)8-5;1-2/h1,6-7,10-16H,3,5,8-9,29H2,2H3;2-9H2,1H3;5,7H,2-4H2,1H3,(H,8,9);1-2H3/b23-15-,24-16-,31-14?;;;. The fourth-order valence-corrected chi connectivity index (χ4v) is 8.22. The number of hydrogen-bond donors (Lipinski definition) is 3. The van der Waals surface area contributed by atoms with Gasteiger partial charge in [-0.3, -0.25) is 9.79 Å². The summed E-state index contributed by atoms with van der Waals surface area (Å²) < 4.78 is 0. The highest BCUT2D eigenvalue weighted by Gasteiger charge is 2.43. The van der Waals surface area contributed by atoms with Gasteiger partial charge >= 0.3 is 0 Å². The molecule has 2 aromatic carbocycles. The molecule has 286 valence electrons. The summed E-state index contributed by atoms with van der Waals surface area (Å²) in [5.74, 6) is 2.65. The lowest BCUT2D eigenvalue weighted by Crippen LogP contribution is -2.54. The smallest absolute Gasteiger partial charge is 0.220 e. The number of allylic oxidation sites excluding steroid dienone is 3. The van der Waals surface area contributed by atoms with Crippen LogP contribution >= 0.6 is 23.2 Å². The van der Waals surface area contributed by atoms with E-state index in [1.165, 1.54) is 75.3 Å². The highest BCUT2D eigenvalue weighted by atomic mass is 35.5. The number of nitrogens with zero attached hydrogens (tertiary/aromatic N) is 3. The molecule has 0 aromatic heterocycles. The number of carbonyl (C=O) groups excluding carboxylic acids is 1. The van der Waals surface area contributed by atoms with Gasteiger partial charge < -0.3 is 21.3 Å². The van der Waals surface area contributed by atoms with Crippen molar-refractivity contribution in [1.29, 1.82) is 0 Å². The van der Waals surface area contributed by atoms with E-state index in [0.29, 0.717) is 33.8 Å². The van der Waals surface area contributed by atoms with Gasteiger partial charge in [0, 0.05) is 60.6 Å². The zero-order valence-corrected chi connectivity index (χ0v) is 34.1. The quantitative estimate of drug-likeness (QED) is 0.166. The number of terminal acetylenes is 1. The molecule has 2 saturated heterocycles. The van der Waals surface area contributed by atoms with Gasteiger partial charge in [0.1, 0.15) is 0 Å². The summed E-state index contributed by atoms with van der Waals surface area (Å²) in [6.07, 6.45) is 22.7. The number of rotatable bonds is 10. The van der Waals surface area contributed by atoms with Gasteiger partial charge in [-0.05, 0) is 89.2 Å². The Morgan fingerprint density at radius 1 is 1.06 bits per heavy atom. The summed E-state index contributed by atoms with van der Waals surface area (Å²) >= 11 is 13.6. The van der Waals surface area contributed by atoms with Gasteiger partial charge in [-0.2, -0.15) is 0 Å². The van der Waals surface area contributed by atoms with E-state index in [0.717, 1.165) is 60.0 Å². The van der Waals surface area contributed by atoms with E-state index in [9.17, 15) is 4.79 Å². The van der Waals surface area contributed by atoms with Crippen LogP contribution in [0.5, 0.6) is 0 Å². The number of hydrogen-bond acceptors (Lipinski definition) is 6. The number of nitrogens with two attached hydrogens (primary N) is 1. The van der Waals surface area contributed by atoms with Crippen molar-refractivity contribution < 1.29 is 4.79 Å². The Balaban J connectivity index is 0.000000276. The molecule has 1 unspecified atom stereocenters. The molecule has 6 rings (SSSR count). The van der Waals surface area contributed by atoms with E-state index < -0.39 is 0 Å². The van der Waals surface area contributed by atoms with Crippen LogP contribution in [-0.4, -0.2) is 63.0 Å². The summed E-state index contributed by atoms with van der Waals surface area (Å²) in [7, 11) is 1.89. The molecule has 2 heterocycles. The van der Waals surface area contributed by atoms with E-state index in [2.05, 4.69) is 58.1 Å². The molecule has 0 radical (unpaired) electrons. The first kappa shape index (κ1) is 43.7. The maximum absolute atomic E-state index is 10.6. The molecule has 9 heteroatoms. The van der Waals surface area contributed by atoms with E-state index in [-0.39, 0.29) is 5.91 Å². The number of likely N-dealkylation sites (tertiary alicyclic amines) is 1. The molecule has 2 aromatic rings. The summed E-state index contributed by atoms with van der Waals surface area (Å²) in [5, 5.41) is 6.91. The average molecular weight is 760 g/mol. The molecular formula is C44H60Cl2N6O. The lowest BCUT2D eigenvalue weighted by atomic mass is 9.78. The van der Waals surface area contributed by atoms with Crippen molar-refractivity contribution in [2.24, 2.45) is 21.1 Å². The van der Waals surface area contributed by atoms with E-state index >= 15 is 0 Å². The zero-order valence-electron chi connectivity index (χ0n) is 32.5. The molecule has 2 aliphatic heterocycles. The van der Waals surface area contributed by atoms with Crippen molar-refractivity contribution in [3.63, 3.8) is 0 Å². The number of benzene rings is 2. The lowest BCUT2D eigenvalue weighted by molar-refractivity contribution is -0.119. The second-order valence-corrected chi connectivity index (χ2v) is 14.7. The van der Waals surface area contributed by atoms with Crippen LogP contribution in [0.3, 0.4) is 0 Å². The van der Waals surface area contributed by atoms with Crippen LogP contribution in [0, 0.1) is 17.8 Å². The van der Waals surface area contributed by atoms with Gasteiger partial charge in [-0.25, -0.2) is 4.99 Å². The van der Waals surface area contributed by atoms with Crippen LogP contribution in [0.1, 0.15) is 103 Å². The number of likely N-dealkylation sites (N-methyl/N-ethyl adjacent to an activating group) is 1. The fraction of sp³-hybridized carbons (Fsp3) is 0.477. The maximum atomic E-state index is 10.6. The molecule has 1 spiro atoms. The monoisotopic (exact) mass is 758 g/mol. The van der Waals surface area contributed by atoms with Gasteiger partial charge in [-0.1, -0.05) is 105 Å². The molecule has 3 fully saturated rings. The highest BCUT2D eigenvalue weighted by Crippen LogP contribution is 2.45. The van der Waals surface area contributed by atoms with Gasteiger partial charge in [0.2, 0.25) is 5.91 Å². The van der Waals surface area contributed by atoms with Gasteiger partial charge in [0.25, 0.3) is 0 Å². The number of nitrogens with one attached hydrogen (secondary N) is 2. The van der Waals surface area contributed by atoms with Crippen LogP contribution in [-0.2, 0) is 4.79 Å². The molecule has 4 aliphatic rings. The molecule has 1 atom stereocenters. The predicted octanol–water partition coefficient (Wildman–Crippen LogP) is 9.95. The number of carbonyl (C=O) groups is 1. The molecule has 2 aliphatic carbocycles. The second-order valence-electron chi connectivity index (χ2n) is 13.9. The van der Waals surface area contributed by atoms with Crippen LogP contribution in [0.2, 0.25) is 10.0 Å². The normalized spacial score (nSPS) is 19.4. The third-order valence-corrected chi connectivity index (χ3v) is 11.0. The topological polar surface area (TPSA) is 95.1 Å². The lowest BCUT2D eigenvalue weighted by Gasteiger charge is -2.48. The Labute approximate surface area is 329 Å². The van der Waals surface area contributed by atoms with Crippen molar-refractivity contribution in [1.82, 2.24) is 15.5 Å². The van der Waals surface area contributed by atoms with Crippen molar-refractivity contribution in [3.8, 4) is 23.5 Å². The van der Waals surface area contributed by atoms with E-state index in [1.807, 2.05) is 57.3 Å². The average Bonchev–Trinajstić information content (AvgIpc) is 3.92. The van der Waals surface area contributed by atoms with Crippen molar-refractivity contribution in [2.75, 3.05) is 33.2 Å². The van der Waals surface area contributed by atoms with Crippen molar-refractivity contribution in [3.05, 3.63) is 81.0 Å². The summed E-state index contributed by atoms with van der Waals surface area (Å²) in [5.41, 5.74) is 13.4. The number of halogens is 2. The summed E-state index contributed by atoms with van der Waals surface area (Å²) in [6, 6.07) is 11.8. The minimum atomic E-state index is 0.190. The van der Waals surface area contributed by atoms with Crippen molar-refractivity contribution >= 4 is 53.4 Å². The Kier molecular flexibility index (Phi) is 18.6. The van der Waals surface area contributed by atoms with Crippen LogP contribution in [0.15, 0.2) is 69.8 Å². The Morgan fingerprint density at radius 3 is 2.15 bits per heavy atom. The fourth-order valence-electron chi connectivity index (χ4n) is 7.57. The first-order valence-corrected chi connectivity index (χ1v) is 20.0. The number of aliphatic imine (C=N–C) groups is 2. The van der Waals surface area contributed by atoms with Gasteiger partial charge in [0.05, 0.1) is 27.7 Å². The third kappa shape index (κ3) is 12.2. The zero-order chi connectivity index (χ0) is 38.8. The molecule has 0 bridgehead atoms. The first-order valence-electron chi connectivity index (χ1n) is 19.2. The Hall–Kier alpha value is -3.67. The van der Waals surface area contributed by atoms with Crippen LogP contribution in [0.4, 0.5) is 0 Å². The minimum Gasteiger partial charge on any atom is -0.403 e. The Morgan fingerprint density at radius 2 is 1.68 bits per heavy atom. The molecule has 1 amide bonds. The first-order chi connectivity index (χ1) is 25.7. The van der Waals surface area contributed by atoms with Crippen LogP contribution in [0.25, 0.3) is 22.5 Å². The third-order valence-electron chi connectivity index (χ3n) is 10.2. The molecule has 7 nitrogen and oxygen atoms in total. The summed E-state index contributed by atoms with van der Waals surface area (Å²) in [4.78, 5) is 21.7. The van der Waals surface area contributed by atoms with Crippen molar-refractivity contribution in [2.45, 2.75) is 97.9 Å². The van der Waals surface area contributed by atoms with Gasteiger partial charge in [-0.15, -0.1) is 6.42 Å². The largest absolute Gasteiger partial charge is 0.403 e. The Bertz CT molecular complexity index is 1690. The molecular weight excluding hydrogens is 699 g/mol. The summed E-state index contributed by atoms with van der Waals surface area (Å²) in [6.45, 7) is 17.1. The second kappa shape index (κ2) is 22.5. The number of amides is 1. The van der Waals surface area contributed by atoms with E-state index in [1.54, 1.807) is 0 Å². The molecule has 1 saturated carbocycles. The minimum absolute atomic E-state index is 0.190. The maximum Gasteiger partial charge on any atom is 0.220 e. The molecule has 53 heavy (non-hydrogen) atoms. The molecule has 4 N–H and O–H groups in total. The highest BCUT2D eigenvalue weighted by molar-refractivity contribution is 6.38. The van der Waals surface area contributed by atoms with Gasteiger partial charge in [0.15, 0.2) is 0 Å². The van der Waals surface area contributed by atoms with E-state index in [4.69, 9.17) is 35.4 Å². The predicted molar refractivity (Wildman–Crippen MR) is 230 cm³/mol. The SMILES string of the molecule is C#CC=N/C(=C\C1=C(C)CCC1)c1cccc(-c2cccc(/C(=C/N)N=C)c2Cl)c1Cl.CC.CCCN1CC2(CCCC2)C1.CNCC1CCC(=O)N1. The van der Waals surface area contributed by atoms with Crippen LogP contribution < -0.4 is 16.4 Å².